The molecule has 4 aromatic rings. The molecule has 2 aliphatic rings. The highest BCUT2D eigenvalue weighted by atomic mass is 19.1. The van der Waals surface area contributed by atoms with Gasteiger partial charge in [-0.1, -0.05) is 62.7 Å². The van der Waals surface area contributed by atoms with Gasteiger partial charge in [0.25, 0.3) is 17.7 Å². The number of imide groups is 1. The zero-order valence-corrected chi connectivity index (χ0v) is 47.1. The molecule has 5 atom stereocenters. The summed E-state index contributed by atoms with van der Waals surface area (Å²) in [4.78, 5) is 98.7. The number of nitrogens with two attached hydrogens (primary N) is 1. The smallest absolute Gasteiger partial charge is 0.312 e. The first-order valence-electron chi connectivity index (χ1n) is 28.0. The fraction of sp³-hybridized carbons (Fsp3) is 0.492. The normalized spacial score (nSPS) is 15.5. The number of imidazole rings is 1. The van der Waals surface area contributed by atoms with Crippen LogP contribution in [0.4, 0.5) is 19.3 Å². The van der Waals surface area contributed by atoms with Crippen molar-refractivity contribution in [3.8, 4) is 11.3 Å². The molecule has 1 fully saturated rings. The number of unbranched alkanes of at least 4 members (excludes halogenated alkanes) is 3. The van der Waals surface area contributed by atoms with E-state index >= 15 is 4.39 Å². The number of amides is 8. The number of benzene rings is 3. The highest BCUT2D eigenvalue weighted by Gasteiger charge is 2.38. The highest BCUT2D eigenvalue weighted by molar-refractivity contribution is 6.12. The van der Waals surface area contributed by atoms with Crippen molar-refractivity contribution >= 4 is 47.2 Å². The van der Waals surface area contributed by atoms with Crippen LogP contribution in [0, 0.1) is 23.5 Å². The lowest BCUT2D eigenvalue weighted by Gasteiger charge is -2.39. The van der Waals surface area contributed by atoms with E-state index in [1.54, 1.807) is 61.2 Å². The van der Waals surface area contributed by atoms with Crippen molar-refractivity contribution in [1.29, 1.82) is 0 Å². The maximum atomic E-state index is 15.3. The Morgan fingerprint density at radius 1 is 0.841 bits per heavy atom. The summed E-state index contributed by atoms with van der Waals surface area (Å²) in [6.45, 7) is 7.07. The molecule has 0 saturated carbocycles. The van der Waals surface area contributed by atoms with Crippen molar-refractivity contribution < 1.29 is 62.0 Å². The van der Waals surface area contributed by atoms with Gasteiger partial charge >= 0.3 is 6.03 Å². The van der Waals surface area contributed by atoms with Crippen LogP contribution in [-0.4, -0.2) is 147 Å². The summed E-state index contributed by atoms with van der Waals surface area (Å²) in [6, 6.07) is 16.0. The number of hydrogen-bond donors (Lipinski definition) is 7. The maximum absolute atomic E-state index is 15.3. The van der Waals surface area contributed by atoms with E-state index in [-0.39, 0.29) is 86.3 Å². The molecule has 8 N–H and O–H groups in total. The van der Waals surface area contributed by atoms with Crippen molar-refractivity contribution in [2.24, 2.45) is 17.6 Å². The number of nitrogens with zero attached hydrogens (tertiary/aromatic N) is 5. The minimum atomic E-state index is -1.36. The fourth-order valence-electron chi connectivity index (χ4n) is 9.84. The first kappa shape index (κ1) is 63.7. The minimum absolute atomic E-state index is 0.00743. The topological polar surface area (TPSA) is 280 Å². The molecule has 5 unspecified atom stereocenters. The summed E-state index contributed by atoms with van der Waals surface area (Å²) in [7, 11) is 1.68. The van der Waals surface area contributed by atoms with Gasteiger partial charge in [-0.15, -0.1) is 0 Å². The van der Waals surface area contributed by atoms with Gasteiger partial charge in [-0.2, -0.15) is 0 Å². The lowest BCUT2D eigenvalue weighted by molar-refractivity contribution is -0.192. The molecule has 3 heterocycles. The maximum Gasteiger partial charge on any atom is 0.312 e. The van der Waals surface area contributed by atoms with E-state index in [0.717, 1.165) is 28.7 Å². The van der Waals surface area contributed by atoms with Crippen LogP contribution in [0.25, 0.3) is 11.3 Å². The Kier molecular flexibility index (Phi) is 24.6. The molecule has 6 rings (SSSR count). The highest BCUT2D eigenvalue weighted by Crippen LogP contribution is 2.38. The van der Waals surface area contributed by atoms with Gasteiger partial charge in [-0.25, -0.2) is 18.6 Å². The third-order valence-corrected chi connectivity index (χ3v) is 14.4. The van der Waals surface area contributed by atoms with Crippen LogP contribution in [0.5, 0.6) is 0 Å². The minimum Gasteiger partial charge on any atom is -0.384 e. The Morgan fingerprint density at radius 3 is 2.21 bits per heavy atom. The lowest BCUT2D eigenvalue weighted by Crippen LogP contribution is -2.54. The summed E-state index contributed by atoms with van der Waals surface area (Å²) in [5, 5.41) is 32.7. The average molecular weight is 1140 g/mol. The molecule has 3 aromatic carbocycles. The number of urea groups is 1. The van der Waals surface area contributed by atoms with E-state index in [1.807, 2.05) is 34.9 Å². The molecule has 0 radical (unpaired) electrons. The van der Waals surface area contributed by atoms with Crippen LogP contribution in [0.1, 0.15) is 108 Å². The summed E-state index contributed by atoms with van der Waals surface area (Å²) in [5.41, 5.74) is 7.39. The Labute approximate surface area is 477 Å². The zero-order valence-electron chi connectivity index (χ0n) is 47.1. The van der Waals surface area contributed by atoms with Gasteiger partial charge in [0.1, 0.15) is 35.6 Å². The number of aliphatic hydroxyl groups excluding tert-OH is 2. The average Bonchev–Trinajstić information content (AvgIpc) is 4.12. The van der Waals surface area contributed by atoms with E-state index < -0.39 is 66.0 Å². The zero-order chi connectivity index (χ0) is 59.3. The van der Waals surface area contributed by atoms with Crippen molar-refractivity contribution in [2.75, 3.05) is 51.8 Å². The van der Waals surface area contributed by atoms with Crippen LogP contribution >= 0.6 is 0 Å². The molecule has 444 valence electrons. The quantitative estimate of drug-likeness (QED) is 0.0187. The van der Waals surface area contributed by atoms with Gasteiger partial charge in [-0.3, -0.25) is 38.6 Å². The largest absolute Gasteiger partial charge is 0.384 e. The monoisotopic (exact) mass is 1140 g/mol. The molecule has 23 heteroatoms. The second-order valence-corrected chi connectivity index (χ2v) is 21.1. The van der Waals surface area contributed by atoms with Gasteiger partial charge in [0.2, 0.25) is 24.1 Å². The number of hydrogen-bond acceptors (Lipinski definition) is 13. The molecule has 1 aromatic heterocycles. The van der Waals surface area contributed by atoms with Gasteiger partial charge in [0, 0.05) is 82.0 Å². The van der Waals surface area contributed by atoms with E-state index in [1.165, 1.54) is 19.1 Å². The number of ether oxygens (including phenoxy) is 2. The van der Waals surface area contributed by atoms with E-state index in [0.29, 0.717) is 88.3 Å². The summed E-state index contributed by atoms with van der Waals surface area (Å²) in [6.07, 6.45) is 5.60. The molecule has 0 spiro atoms. The van der Waals surface area contributed by atoms with Crippen LogP contribution in [0.3, 0.4) is 0 Å². The predicted octanol–water partition coefficient (Wildman–Crippen LogP) is 5.26. The number of carbonyl (C=O) groups excluding carboxylic acids is 7. The van der Waals surface area contributed by atoms with Crippen molar-refractivity contribution in [3.63, 3.8) is 0 Å². The first-order valence-corrected chi connectivity index (χ1v) is 28.0. The van der Waals surface area contributed by atoms with Crippen LogP contribution in [-0.2, 0) is 51.4 Å². The van der Waals surface area contributed by atoms with Gasteiger partial charge in [0.05, 0.1) is 18.3 Å². The van der Waals surface area contributed by atoms with Crippen molar-refractivity contribution in [3.05, 3.63) is 120 Å². The number of halogens is 2. The Balaban J connectivity index is 1.03. The summed E-state index contributed by atoms with van der Waals surface area (Å²) in [5.74, 6) is -4.06. The molecular weight excluding hydrogens is 1060 g/mol. The molecule has 21 nitrogen and oxygen atoms in total. The first-order chi connectivity index (χ1) is 39.3. The molecule has 0 bridgehead atoms. The SMILES string of the molecule is CC(O)C(=O)N(CCCCN(C)C(O)OCc1ccc(NC(=O)C(CCCNC(N)=O)NC(=O)C(NC(=O)CCCCCN2C(=O)C=CC2=O)C(C)C)cc1)C(c1nc(-c2cc(F)ccc2F)cn1Cc1ccccc1)C1CCOCC1. The second kappa shape index (κ2) is 31.7. The number of nitrogens with one attached hydrogen (secondary N) is 4. The molecule has 1 saturated heterocycles. The van der Waals surface area contributed by atoms with Crippen LogP contribution in [0.15, 0.2) is 91.1 Å². The third kappa shape index (κ3) is 19.1. The Bertz CT molecular complexity index is 2790. The van der Waals surface area contributed by atoms with E-state index in [4.69, 9.17) is 20.2 Å². The van der Waals surface area contributed by atoms with Crippen LogP contribution in [0.2, 0.25) is 0 Å². The number of aromatic nitrogens is 2. The van der Waals surface area contributed by atoms with Crippen LogP contribution < -0.4 is 27.0 Å². The number of primary amides is 1. The number of anilines is 1. The van der Waals surface area contributed by atoms with Gasteiger partial charge in [-0.05, 0) is 119 Å². The Morgan fingerprint density at radius 2 is 1.54 bits per heavy atom. The molecular formula is C59H78F2N10O11. The number of carbonyl (C=O) groups is 7. The number of aliphatic hydroxyl groups is 2. The van der Waals surface area contributed by atoms with E-state index in [2.05, 4.69) is 21.3 Å². The second-order valence-electron chi connectivity index (χ2n) is 21.1. The summed E-state index contributed by atoms with van der Waals surface area (Å²) < 4.78 is 43.3. The van der Waals surface area contributed by atoms with E-state index in [9.17, 15) is 48.2 Å². The standard InChI is InChI=1S/C59H78F2N10O11/c1-38(2)52(67-49(73)17-9-6-10-30-70-50(74)24-25-51(70)75)56(77)66-47(16-13-28-63-58(62)79)55(76)64-44-21-18-41(19-22-44)37-82-59(80)68(4)29-11-12-31-71(57(78)39(3)72)53(42-26-32-81-33-27-42)54-65-48(45-34-43(60)20-23-46(45)61)36-69(54)35-40-14-7-5-8-15-40/h5,7-8,14-15,18-25,34,36,38-39,42,47,52-53,59,72,80H,6,9-13,16-17,26-33,35,37H2,1-4H3,(H,64,76)(H,66,77)(H,67,73)(H3,62,63,79). The van der Waals surface area contributed by atoms with Crippen molar-refractivity contribution in [2.45, 2.75) is 129 Å². The predicted molar refractivity (Wildman–Crippen MR) is 300 cm³/mol. The summed E-state index contributed by atoms with van der Waals surface area (Å²) >= 11 is 0. The molecule has 0 aliphatic carbocycles. The number of rotatable bonds is 32. The molecule has 8 amide bonds. The lowest BCUT2D eigenvalue weighted by atomic mass is 9.89. The fourth-order valence-corrected chi connectivity index (χ4v) is 9.84. The Hall–Kier alpha value is -7.44. The molecule has 82 heavy (non-hydrogen) atoms. The molecule has 2 aliphatic heterocycles. The van der Waals surface area contributed by atoms with Gasteiger partial charge < -0.3 is 56.2 Å². The van der Waals surface area contributed by atoms with Gasteiger partial charge in [0.15, 0.2) is 0 Å². The van der Waals surface area contributed by atoms with Crippen molar-refractivity contribution in [1.82, 2.24) is 40.2 Å². The third-order valence-electron chi connectivity index (χ3n) is 14.4.